The van der Waals surface area contributed by atoms with E-state index in [0.717, 1.165) is 0 Å². The third-order valence-corrected chi connectivity index (χ3v) is 1.91. The summed E-state index contributed by atoms with van der Waals surface area (Å²) in [5, 5.41) is 8.52. The van der Waals surface area contributed by atoms with Gasteiger partial charge in [0, 0.05) is 5.92 Å². The fraction of sp³-hybridized carbons (Fsp3) is 0.333. The number of carbonyl (C=O) groups excluding carboxylic acids is 1. The molecule has 0 amide bonds. The van der Waals surface area contributed by atoms with Crippen molar-refractivity contribution in [1.82, 2.24) is 0 Å². The Bertz CT molecular complexity index is 286. The number of nitrogens with two attached hydrogens (primary N) is 1. The van der Waals surface area contributed by atoms with Gasteiger partial charge >= 0.3 is 43.7 Å². The van der Waals surface area contributed by atoms with Crippen molar-refractivity contribution in [1.29, 1.82) is 0 Å². The molecule has 0 radical (unpaired) electrons. The van der Waals surface area contributed by atoms with Crippen molar-refractivity contribution < 1.29 is 14.7 Å². The van der Waals surface area contributed by atoms with E-state index in [2.05, 4.69) is 0 Å². The van der Waals surface area contributed by atoms with Gasteiger partial charge in [-0.15, -0.1) is 0 Å². The van der Waals surface area contributed by atoms with Gasteiger partial charge in [-0.2, -0.15) is 0 Å². The first-order valence-electron chi connectivity index (χ1n) is 3.98. The minimum atomic E-state index is -1.07. The molecule has 1 rings (SSSR count). The third-order valence-electron chi connectivity index (χ3n) is 1.91. The van der Waals surface area contributed by atoms with E-state index in [1.54, 1.807) is 18.2 Å². The second-order valence-corrected chi connectivity index (χ2v) is 2.93. The molecule has 0 saturated heterocycles. The number of carboxylic acid groups (broad SMARTS) is 1. The Morgan fingerprint density at radius 2 is 2.21 bits per heavy atom. The van der Waals surface area contributed by atoms with Crippen LogP contribution in [0.1, 0.15) is 6.42 Å². The van der Waals surface area contributed by atoms with Crippen molar-refractivity contribution in [3.05, 3.63) is 24.3 Å². The molecule has 5 heteroatoms. The summed E-state index contributed by atoms with van der Waals surface area (Å²) >= 11 is 0. The molecular weight excluding hydrogens is 210 g/mol. The zero-order chi connectivity index (χ0) is 9.84. The first-order valence-corrected chi connectivity index (χ1v) is 3.98. The van der Waals surface area contributed by atoms with Gasteiger partial charge in [0.1, 0.15) is 6.04 Å². The van der Waals surface area contributed by atoms with Crippen LogP contribution in [0, 0.1) is 5.92 Å². The summed E-state index contributed by atoms with van der Waals surface area (Å²) in [6.45, 7) is 0. The number of hydrogen-bond donors (Lipinski definition) is 2. The average Bonchev–Trinajstić information content (AvgIpc) is 2.08. The first kappa shape index (κ1) is 13.8. The standard InChI is InChI=1S/C9H11NO3.Ca.2H/c10-7(9(12)13)5-6-3-1-2-4-8(6)11;;;/h1-4,6-7H,5,10H2,(H,12,13);;;. The summed E-state index contributed by atoms with van der Waals surface area (Å²) in [5.74, 6) is -1.54. The Balaban J connectivity index is 0.00000169. The van der Waals surface area contributed by atoms with Gasteiger partial charge in [0.05, 0.1) is 0 Å². The summed E-state index contributed by atoms with van der Waals surface area (Å²) in [5.41, 5.74) is 5.30. The average molecular weight is 223 g/mol. The van der Waals surface area contributed by atoms with Gasteiger partial charge in [0.25, 0.3) is 0 Å². The maximum atomic E-state index is 11.2. The molecule has 74 valence electrons. The number of ketones is 1. The van der Waals surface area contributed by atoms with Crippen molar-refractivity contribution in [3.63, 3.8) is 0 Å². The fourth-order valence-electron chi connectivity index (χ4n) is 1.14. The second-order valence-electron chi connectivity index (χ2n) is 2.93. The normalized spacial score (nSPS) is 21.5. The van der Waals surface area contributed by atoms with Crippen LogP contribution in [0.2, 0.25) is 0 Å². The predicted octanol–water partition coefficient (Wildman–Crippen LogP) is -0.817. The van der Waals surface area contributed by atoms with Crippen molar-refractivity contribution >= 4 is 49.5 Å². The Hall–Kier alpha value is -0.160. The summed E-state index contributed by atoms with van der Waals surface area (Å²) < 4.78 is 0. The van der Waals surface area contributed by atoms with Crippen LogP contribution in [0.15, 0.2) is 24.3 Å². The Kier molecular flexibility index (Phi) is 6.27. The monoisotopic (exact) mass is 223 g/mol. The number of carboxylic acids is 1. The molecule has 1 aliphatic carbocycles. The number of rotatable bonds is 3. The van der Waals surface area contributed by atoms with E-state index in [-0.39, 0.29) is 55.9 Å². The van der Waals surface area contributed by atoms with Crippen LogP contribution in [0.3, 0.4) is 0 Å². The quantitative estimate of drug-likeness (QED) is 0.613. The van der Waals surface area contributed by atoms with Crippen molar-refractivity contribution in [2.75, 3.05) is 0 Å². The topological polar surface area (TPSA) is 80.4 Å². The number of aliphatic carboxylic acids is 1. The zero-order valence-electron chi connectivity index (χ0n) is 7.01. The van der Waals surface area contributed by atoms with Gasteiger partial charge in [0.2, 0.25) is 0 Å². The van der Waals surface area contributed by atoms with Gasteiger partial charge in [-0.25, -0.2) is 0 Å². The SMILES string of the molecule is NC(CC1C=CC=CC1=O)C(=O)O.[CaH2]. The maximum absolute atomic E-state index is 11.2. The molecule has 3 N–H and O–H groups in total. The van der Waals surface area contributed by atoms with Crippen LogP contribution < -0.4 is 5.73 Å². The minimum absolute atomic E-state index is 0. The molecular formula is C9H13CaNO3. The molecule has 2 atom stereocenters. The van der Waals surface area contributed by atoms with Gasteiger partial charge in [0.15, 0.2) is 5.78 Å². The molecule has 0 aliphatic heterocycles. The number of allylic oxidation sites excluding steroid dienone is 4. The Morgan fingerprint density at radius 1 is 1.57 bits per heavy atom. The van der Waals surface area contributed by atoms with Crippen LogP contribution in [-0.4, -0.2) is 60.6 Å². The van der Waals surface area contributed by atoms with Crippen LogP contribution in [0.4, 0.5) is 0 Å². The molecule has 0 aromatic carbocycles. The van der Waals surface area contributed by atoms with E-state index >= 15 is 0 Å². The number of hydrogen-bond acceptors (Lipinski definition) is 3. The van der Waals surface area contributed by atoms with Crippen LogP contribution in [0.5, 0.6) is 0 Å². The predicted molar refractivity (Wildman–Crippen MR) is 55.5 cm³/mol. The van der Waals surface area contributed by atoms with E-state index in [1.165, 1.54) is 6.08 Å². The molecule has 0 aromatic heterocycles. The van der Waals surface area contributed by atoms with Crippen molar-refractivity contribution in [2.45, 2.75) is 12.5 Å². The van der Waals surface area contributed by atoms with Crippen LogP contribution >= 0.6 is 0 Å². The molecule has 1 aliphatic rings. The molecule has 0 spiro atoms. The molecule has 0 saturated carbocycles. The Labute approximate surface area is 112 Å². The van der Waals surface area contributed by atoms with Gasteiger partial charge in [-0.3, -0.25) is 9.59 Å². The van der Waals surface area contributed by atoms with Gasteiger partial charge < -0.3 is 10.8 Å². The van der Waals surface area contributed by atoms with Gasteiger partial charge in [-0.05, 0) is 12.5 Å². The van der Waals surface area contributed by atoms with E-state index in [9.17, 15) is 9.59 Å². The molecule has 14 heavy (non-hydrogen) atoms. The van der Waals surface area contributed by atoms with Crippen LogP contribution in [0.25, 0.3) is 0 Å². The summed E-state index contributed by atoms with van der Waals surface area (Å²) in [6.07, 6.45) is 6.62. The summed E-state index contributed by atoms with van der Waals surface area (Å²) in [4.78, 5) is 21.6. The van der Waals surface area contributed by atoms with Crippen LogP contribution in [-0.2, 0) is 9.59 Å². The summed E-state index contributed by atoms with van der Waals surface area (Å²) in [6, 6.07) is -0.968. The van der Waals surface area contributed by atoms with E-state index < -0.39 is 12.0 Å². The number of carbonyl (C=O) groups is 2. The van der Waals surface area contributed by atoms with Gasteiger partial charge in [-0.1, -0.05) is 18.2 Å². The van der Waals surface area contributed by atoms with E-state index in [0.29, 0.717) is 0 Å². The molecule has 0 heterocycles. The molecule has 4 nitrogen and oxygen atoms in total. The summed E-state index contributed by atoms with van der Waals surface area (Å²) in [7, 11) is 0. The Morgan fingerprint density at radius 3 is 2.71 bits per heavy atom. The molecule has 0 bridgehead atoms. The van der Waals surface area contributed by atoms with E-state index in [4.69, 9.17) is 10.8 Å². The first-order chi connectivity index (χ1) is 6.11. The van der Waals surface area contributed by atoms with E-state index in [1.807, 2.05) is 0 Å². The molecule has 2 unspecified atom stereocenters. The second kappa shape index (κ2) is 6.35. The molecule has 0 aromatic rings. The third kappa shape index (κ3) is 3.92. The molecule has 0 fully saturated rings. The fourth-order valence-corrected chi connectivity index (χ4v) is 1.14. The van der Waals surface area contributed by atoms with Crippen molar-refractivity contribution in [3.8, 4) is 0 Å². The van der Waals surface area contributed by atoms with Crippen molar-refractivity contribution in [2.24, 2.45) is 11.7 Å². The zero-order valence-corrected chi connectivity index (χ0v) is 7.01.